The number of carbonyl (C=O) groups excluding carboxylic acids is 1. The van der Waals surface area contributed by atoms with Gasteiger partial charge in [-0.15, -0.1) is 0 Å². The van der Waals surface area contributed by atoms with Crippen molar-refractivity contribution >= 4 is 58.0 Å². The van der Waals surface area contributed by atoms with Gasteiger partial charge < -0.3 is 15.0 Å². The van der Waals surface area contributed by atoms with E-state index in [2.05, 4.69) is 27.1 Å². The number of benzene rings is 1. The Labute approximate surface area is 213 Å². The fourth-order valence-corrected chi connectivity index (χ4v) is 4.98. The van der Waals surface area contributed by atoms with Crippen LogP contribution in [-0.4, -0.2) is 45.3 Å². The summed E-state index contributed by atoms with van der Waals surface area (Å²) < 4.78 is 5.42. The van der Waals surface area contributed by atoms with Crippen molar-refractivity contribution < 1.29 is 9.53 Å². The number of aromatic nitrogens is 3. The maximum Gasteiger partial charge on any atom is 0.408 e. The zero-order valence-electron chi connectivity index (χ0n) is 19.6. The van der Waals surface area contributed by atoms with Gasteiger partial charge in [0.25, 0.3) is 0 Å². The highest BCUT2D eigenvalue weighted by atomic mass is 35.5. The number of amides is 1. The van der Waals surface area contributed by atoms with E-state index in [1.165, 1.54) is 11.8 Å². The second kappa shape index (κ2) is 9.76. The molecular formula is C24H27Cl2N5O2S. The smallest absolute Gasteiger partial charge is 0.408 e. The van der Waals surface area contributed by atoms with Crippen molar-refractivity contribution in [3.63, 3.8) is 0 Å². The molecule has 0 unspecified atom stereocenters. The first-order chi connectivity index (χ1) is 16.0. The molecule has 1 aliphatic rings. The molecule has 7 nitrogen and oxygen atoms in total. The van der Waals surface area contributed by atoms with Crippen LogP contribution in [0.3, 0.4) is 0 Å². The van der Waals surface area contributed by atoms with E-state index in [0.717, 1.165) is 47.2 Å². The summed E-state index contributed by atoms with van der Waals surface area (Å²) in [5.74, 6) is 0.798. The molecule has 1 aromatic carbocycles. The number of fused-ring (bicyclic) bond motifs is 1. The van der Waals surface area contributed by atoms with E-state index >= 15 is 0 Å². The van der Waals surface area contributed by atoms with Crippen molar-refractivity contribution in [1.29, 1.82) is 0 Å². The van der Waals surface area contributed by atoms with Gasteiger partial charge in [-0.05, 0) is 64.8 Å². The summed E-state index contributed by atoms with van der Waals surface area (Å²) in [5.41, 5.74) is 0.451. The van der Waals surface area contributed by atoms with Crippen LogP contribution >= 0.6 is 35.0 Å². The Morgan fingerprint density at radius 2 is 1.88 bits per heavy atom. The third-order valence-electron chi connectivity index (χ3n) is 5.49. The SMILES string of the molecule is CC1(NC(=O)OC(C)(C)C)CCN(c2cnc3nc(Sc4cccc(Cl)c4Cl)ccc3n2)CC1. The molecular weight excluding hydrogens is 493 g/mol. The van der Waals surface area contributed by atoms with Crippen LogP contribution in [0.15, 0.2) is 46.5 Å². The highest BCUT2D eigenvalue weighted by Crippen LogP contribution is 2.36. The number of halogens is 2. The third kappa shape index (κ3) is 6.03. The molecule has 0 spiro atoms. The monoisotopic (exact) mass is 519 g/mol. The second-order valence-electron chi connectivity index (χ2n) is 9.55. The fraction of sp³-hybridized carbons (Fsp3) is 0.417. The quantitative estimate of drug-likeness (QED) is 0.428. The van der Waals surface area contributed by atoms with Crippen molar-refractivity contribution in [1.82, 2.24) is 20.3 Å². The zero-order valence-corrected chi connectivity index (χ0v) is 21.9. The van der Waals surface area contributed by atoms with Crippen LogP contribution < -0.4 is 10.2 Å². The van der Waals surface area contributed by atoms with Gasteiger partial charge >= 0.3 is 6.09 Å². The summed E-state index contributed by atoms with van der Waals surface area (Å²) in [6, 6.07) is 9.33. The second-order valence-corrected chi connectivity index (χ2v) is 11.4. The largest absolute Gasteiger partial charge is 0.444 e. The van der Waals surface area contributed by atoms with E-state index in [9.17, 15) is 4.79 Å². The van der Waals surface area contributed by atoms with Gasteiger partial charge in [-0.3, -0.25) is 0 Å². The number of piperidine rings is 1. The average molecular weight is 520 g/mol. The minimum atomic E-state index is -0.519. The van der Waals surface area contributed by atoms with E-state index in [1.54, 1.807) is 12.3 Å². The predicted molar refractivity (Wildman–Crippen MR) is 137 cm³/mol. The number of alkyl carbamates (subject to hydrolysis) is 1. The van der Waals surface area contributed by atoms with Crippen molar-refractivity contribution in [3.05, 3.63) is 46.6 Å². The normalized spacial score (nSPS) is 15.9. The standard InChI is InChI=1S/C24H27Cl2N5O2S/c1-23(2,3)33-22(32)30-24(4)10-12-31(13-11-24)18-14-27-21-16(28-18)8-9-19(29-21)34-17-7-5-6-15(25)20(17)26/h5-9,14H,10-13H2,1-4H3,(H,30,32). The summed E-state index contributed by atoms with van der Waals surface area (Å²) in [7, 11) is 0. The highest BCUT2D eigenvalue weighted by Gasteiger charge is 2.33. The number of carbonyl (C=O) groups is 1. The van der Waals surface area contributed by atoms with Crippen molar-refractivity contribution in [2.75, 3.05) is 18.0 Å². The fourth-order valence-electron chi connectivity index (χ4n) is 3.67. The Balaban J connectivity index is 1.42. The van der Waals surface area contributed by atoms with Crippen LogP contribution in [-0.2, 0) is 4.74 Å². The van der Waals surface area contributed by atoms with E-state index in [4.69, 9.17) is 32.9 Å². The molecule has 0 atom stereocenters. The molecule has 1 aliphatic heterocycles. The summed E-state index contributed by atoms with van der Waals surface area (Å²) in [5, 5.41) is 4.82. The number of pyridine rings is 1. The van der Waals surface area contributed by atoms with Gasteiger partial charge in [0.2, 0.25) is 0 Å². The molecule has 1 N–H and O–H groups in total. The Bertz CT molecular complexity index is 1210. The summed E-state index contributed by atoms with van der Waals surface area (Å²) >= 11 is 13.8. The molecule has 0 bridgehead atoms. The van der Waals surface area contributed by atoms with Crippen LogP contribution in [0, 0.1) is 0 Å². The maximum atomic E-state index is 12.2. The number of anilines is 1. The number of rotatable bonds is 4. The first kappa shape index (κ1) is 24.8. The number of nitrogens with zero attached hydrogens (tertiary/aromatic N) is 4. The van der Waals surface area contributed by atoms with Crippen molar-refractivity contribution in [3.8, 4) is 0 Å². The Hall–Kier alpha value is -2.29. The summed E-state index contributed by atoms with van der Waals surface area (Å²) in [6.45, 7) is 9.13. The molecule has 0 aliphatic carbocycles. The van der Waals surface area contributed by atoms with Crippen LogP contribution in [0.1, 0.15) is 40.5 Å². The van der Waals surface area contributed by atoms with E-state index < -0.39 is 5.60 Å². The Morgan fingerprint density at radius 1 is 1.15 bits per heavy atom. The van der Waals surface area contributed by atoms with Crippen molar-refractivity contribution in [2.24, 2.45) is 0 Å². The van der Waals surface area contributed by atoms with Gasteiger partial charge in [-0.2, -0.15) is 0 Å². The number of hydrogen-bond acceptors (Lipinski definition) is 7. The van der Waals surface area contributed by atoms with Crippen molar-refractivity contribution in [2.45, 2.75) is 61.6 Å². The van der Waals surface area contributed by atoms with E-state index in [-0.39, 0.29) is 11.6 Å². The van der Waals surface area contributed by atoms with E-state index in [1.807, 2.05) is 45.0 Å². The lowest BCUT2D eigenvalue weighted by atomic mass is 9.90. The molecule has 34 heavy (non-hydrogen) atoms. The molecule has 3 heterocycles. The van der Waals surface area contributed by atoms with Gasteiger partial charge in [0.15, 0.2) is 5.65 Å². The molecule has 0 radical (unpaired) electrons. The summed E-state index contributed by atoms with van der Waals surface area (Å²) in [4.78, 5) is 29.2. The lowest BCUT2D eigenvalue weighted by Gasteiger charge is -2.40. The lowest BCUT2D eigenvalue weighted by Crippen LogP contribution is -2.54. The average Bonchev–Trinajstić information content (AvgIpc) is 2.75. The maximum absolute atomic E-state index is 12.2. The van der Waals surface area contributed by atoms with Gasteiger partial charge in [0.05, 0.1) is 16.2 Å². The highest BCUT2D eigenvalue weighted by molar-refractivity contribution is 7.99. The molecule has 2 aromatic heterocycles. The molecule has 3 aromatic rings. The number of ether oxygens (including phenoxy) is 1. The molecule has 10 heteroatoms. The summed E-state index contributed by atoms with van der Waals surface area (Å²) in [6.07, 6.45) is 2.92. The molecule has 180 valence electrons. The molecule has 1 saturated heterocycles. The van der Waals surface area contributed by atoms with Gasteiger partial charge in [-0.1, -0.05) is 41.0 Å². The first-order valence-electron chi connectivity index (χ1n) is 11.0. The molecule has 1 amide bonds. The topological polar surface area (TPSA) is 80.2 Å². The van der Waals surface area contributed by atoms with Gasteiger partial charge in [0, 0.05) is 23.5 Å². The Morgan fingerprint density at radius 3 is 2.59 bits per heavy atom. The van der Waals surface area contributed by atoms with Gasteiger partial charge in [0.1, 0.15) is 22.0 Å². The van der Waals surface area contributed by atoms with Crippen LogP contribution in [0.5, 0.6) is 0 Å². The van der Waals surface area contributed by atoms with E-state index in [0.29, 0.717) is 15.7 Å². The predicted octanol–water partition coefficient (Wildman–Crippen LogP) is 6.37. The zero-order chi connectivity index (χ0) is 24.5. The first-order valence-corrected chi connectivity index (χ1v) is 12.6. The number of hydrogen-bond donors (Lipinski definition) is 1. The van der Waals surface area contributed by atoms with Gasteiger partial charge in [-0.25, -0.2) is 19.7 Å². The molecule has 4 rings (SSSR count). The minimum absolute atomic E-state index is 0.321. The van der Waals surface area contributed by atoms with Crippen LogP contribution in [0.2, 0.25) is 10.0 Å². The molecule has 0 saturated carbocycles. The number of nitrogens with one attached hydrogen (secondary N) is 1. The van der Waals surface area contributed by atoms with Crippen LogP contribution in [0.4, 0.5) is 10.6 Å². The van der Waals surface area contributed by atoms with Crippen LogP contribution in [0.25, 0.3) is 11.2 Å². The Kier molecular flexibility index (Phi) is 7.12. The third-order valence-corrected chi connectivity index (χ3v) is 7.42. The molecule has 1 fully saturated rings. The lowest BCUT2D eigenvalue weighted by molar-refractivity contribution is 0.0448. The minimum Gasteiger partial charge on any atom is -0.444 e.